The molecule has 35 valence electrons. The van der Waals surface area contributed by atoms with Crippen LogP contribution < -0.4 is 0 Å². The van der Waals surface area contributed by atoms with Gasteiger partial charge >= 0.3 is 6.41 Å². The van der Waals surface area contributed by atoms with Crippen LogP contribution in [-0.2, 0) is 4.79 Å². The molecule has 0 saturated carbocycles. The van der Waals surface area contributed by atoms with Crippen LogP contribution in [-0.4, -0.2) is 17.6 Å². The molecule has 0 atom stereocenters. The smallest absolute Gasteiger partial charge is 0.262 e. The minimum Gasteiger partial charge on any atom is -0.262 e. The number of hydrogen-bond acceptors (Lipinski definition) is 1. The van der Waals surface area contributed by atoms with Crippen LogP contribution >= 0.6 is 11.8 Å². The third kappa shape index (κ3) is 1.96. The van der Waals surface area contributed by atoms with Crippen molar-refractivity contribution in [3.8, 4) is 0 Å². The number of hydrogen-bond donors (Lipinski definition) is 0. The number of halogens is 2. The van der Waals surface area contributed by atoms with E-state index in [2.05, 4.69) is 11.8 Å². The lowest BCUT2D eigenvalue weighted by Crippen LogP contribution is -2.04. The number of amides is 1. The third-order valence-electron chi connectivity index (χ3n) is 0.204. The molecule has 0 bridgehead atoms. The van der Waals surface area contributed by atoms with Crippen molar-refractivity contribution in [2.75, 3.05) is 6.80 Å². The zero-order valence-electron chi connectivity index (χ0n) is 2.82. The van der Waals surface area contributed by atoms with Gasteiger partial charge in [0.1, 0.15) is 0 Å². The van der Waals surface area contributed by atoms with E-state index in [1.807, 2.05) is 0 Å². The van der Waals surface area contributed by atoms with Crippen molar-refractivity contribution < 1.29 is 9.18 Å². The first kappa shape index (κ1) is 5.69. The molecule has 0 heterocycles. The monoisotopic (exact) mass is 110 g/mol. The highest BCUT2D eigenvalue weighted by Crippen LogP contribution is 1.84. The van der Waals surface area contributed by atoms with Crippen LogP contribution in [0.15, 0.2) is 0 Å². The molecule has 0 N–H and O–H groups in total. The molecule has 0 aliphatic carbocycles. The minimum atomic E-state index is -0.995. The molecule has 0 spiro atoms. The van der Waals surface area contributed by atoms with Crippen LogP contribution in [0.4, 0.5) is 4.39 Å². The number of rotatable bonds is 2. The van der Waals surface area contributed by atoms with Crippen molar-refractivity contribution in [1.29, 1.82) is 0 Å². The maximum Gasteiger partial charge on any atom is 0.330 e. The van der Waals surface area contributed by atoms with Gasteiger partial charge in [0.05, 0.1) is 0 Å². The van der Waals surface area contributed by atoms with E-state index >= 15 is 0 Å². The Balaban J connectivity index is 2.96. The average molecular weight is 110 g/mol. The van der Waals surface area contributed by atoms with Crippen molar-refractivity contribution >= 4 is 18.2 Å². The second-order valence-electron chi connectivity index (χ2n) is 0.573. The molecule has 0 saturated heterocycles. The Morgan fingerprint density at radius 1 is 2.00 bits per heavy atom. The first-order valence-electron chi connectivity index (χ1n) is 1.18. The largest absolute Gasteiger partial charge is 0.330 e. The molecule has 1 amide bonds. The highest BCUT2D eigenvalue weighted by atomic mass is 35.5. The first-order valence-corrected chi connectivity index (χ1v) is 1.52. The number of alkyl halides is 1. The summed E-state index contributed by atoms with van der Waals surface area (Å²) in [6.45, 7) is -0.995. The molecule has 0 aromatic carbocycles. The summed E-state index contributed by atoms with van der Waals surface area (Å²) in [6.07, 6.45) is 1.09. The van der Waals surface area contributed by atoms with Crippen LogP contribution in [0, 0.1) is 0 Å². The lowest BCUT2D eigenvalue weighted by molar-refractivity contribution is 0.368. The summed E-state index contributed by atoms with van der Waals surface area (Å²) in [7, 11) is 0. The van der Waals surface area contributed by atoms with E-state index in [4.69, 9.17) is 4.79 Å². The van der Waals surface area contributed by atoms with E-state index in [9.17, 15) is 4.39 Å². The lowest BCUT2D eigenvalue weighted by atomic mass is 11.2. The summed E-state index contributed by atoms with van der Waals surface area (Å²) in [5.74, 6) is 0. The van der Waals surface area contributed by atoms with Gasteiger partial charge < -0.3 is 0 Å². The Hall–Kier alpha value is -0.310. The lowest BCUT2D eigenvalue weighted by Gasteiger charge is -1.91. The van der Waals surface area contributed by atoms with Gasteiger partial charge in [-0.15, -0.1) is 0 Å². The van der Waals surface area contributed by atoms with Crippen LogP contribution in [0.3, 0.4) is 0 Å². The van der Waals surface area contributed by atoms with Gasteiger partial charge in [-0.05, 0) is 0 Å². The standard InChI is InChI=1S/C2H2ClFNO/c3-5(1-4)2-6/h1H2. The molecule has 6 heavy (non-hydrogen) atoms. The molecule has 1 radical (unpaired) electrons. The van der Waals surface area contributed by atoms with E-state index in [1.54, 1.807) is 0 Å². The van der Waals surface area contributed by atoms with Crippen molar-refractivity contribution in [1.82, 2.24) is 4.42 Å². The summed E-state index contributed by atoms with van der Waals surface area (Å²) >= 11 is 4.68. The molecule has 0 unspecified atom stereocenters. The zero-order valence-corrected chi connectivity index (χ0v) is 3.57. The summed E-state index contributed by atoms with van der Waals surface area (Å²) in [4.78, 5) is 9.16. The predicted molar refractivity (Wildman–Crippen MR) is 19.4 cm³/mol. The second kappa shape index (κ2) is 2.90. The van der Waals surface area contributed by atoms with E-state index in [-0.39, 0.29) is 4.42 Å². The zero-order chi connectivity index (χ0) is 4.99. The van der Waals surface area contributed by atoms with Crippen LogP contribution in [0.5, 0.6) is 0 Å². The van der Waals surface area contributed by atoms with E-state index in [0.717, 1.165) is 6.41 Å². The van der Waals surface area contributed by atoms with Crippen molar-refractivity contribution in [2.45, 2.75) is 0 Å². The fourth-order valence-corrected chi connectivity index (χ4v) is 0.0244. The fraction of sp³-hybridized carbons (Fsp3) is 0.500. The Morgan fingerprint density at radius 3 is 2.50 bits per heavy atom. The van der Waals surface area contributed by atoms with Crippen LogP contribution in [0.1, 0.15) is 0 Å². The van der Waals surface area contributed by atoms with Crippen molar-refractivity contribution in [3.63, 3.8) is 0 Å². The summed E-state index contributed by atoms with van der Waals surface area (Å²) < 4.78 is 11.2. The Bertz CT molecular complexity index is 50.8. The molecule has 0 aliphatic heterocycles. The van der Waals surface area contributed by atoms with Gasteiger partial charge in [0.2, 0.25) is 0 Å². The summed E-state index contributed by atoms with van der Waals surface area (Å²) in [5, 5.41) is 0. The van der Waals surface area contributed by atoms with Gasteiger partial charge in [-0.25, -0.2) is 8.81 Å². The topological polar surface area (TPSA) is 20.3 Å². The highest BCUT2D eigenvalue weighted by molar-refractivity contribution is 6.18. The Morgan fingerprint density at radius 2 is 2.50 bits per heavy atom. The van der Waals surface area contributed by atoms with Gasteiger partial charge in [0, 0.05) is 11.8 Å². The van der Waals surface area contributed by atoms with E-state index in [0.29, 0.717) is 0 Å². The molecule has 0 fully saturated rings. The first-order chi connectivity index (χ1) is 2.81. The Kier molecular flexibility index (Phi) is 2.75. The number of nitrogens with zero attached hydrogens (tertiary/aromatic N) is 1. The van der Waals surface area contributed by atoms with Crippen molar-refractivity contribution in [3.05, 3.63) is 0 Å². The summed E-state index contributed by atoms with van der Waals surface area (Å²) in [5.41, 5.74) is 0. The molecule has 0 aromatic rings. The average Bonchev–Trinajstić information content (AvgIpc) is 1.65. The second-order valence-corrected chi connectivity index (χ2v) is 0.981. The maximum atomic E-state index is 10.9. The normalized spacial score (nSPS) is 7.67. The van der Waals surface area contributed by atoms with Gasteiger partial charge in [0.15, 0.2) is 6.80 Å². The van der Waals surface area contributed by atoms with Gasteiger partial charge in [-0.1, -0.05) is 0 Å². The van der Waals surface area contributed by atoms with Crippen LogP contribution in [0.25, 0.3) is 0 Å². The van der Waals surface area contributed by atoms with Crippen LogP contribution in [0.2, 0.25) is 0 Å². The molecule has 4 heteroatoms. The highest BCUT2D eigenvalue weighted by Gasteiger charge is 1.89. The van der Waals surface area contributed by atoms with E-state index in [1.165, 1.54) is 0 Å². The SMILES string of the molecule is O=[C]N(Cl)CF. The van der Waals surface area contributed by atoms with Gasteiger partial charge in [0.25, 0.3) is 0 Å². The molecular formula is C2H2ClFNO. The number of carbonyl (C=O) groups excluding carboxylic acids is 1. The predicted octanol–water partition coefficient (Wildman–Crippen LogP) is 0.436. The van der Waals surface area contributed by atoms with E-state index < -0.39 is 6.80 Å². The van der Waals surface area contributed by atoms with Crippen molar-refractivity contribution in [2.24, 2.45) is 0 Å². The van der Waals surface area contributed by atoms with Gasteiger partial charge in [-0.2, -0.15) is 0 Å². The fourth-order valence-electron chi connectivity index (χ4n) is 0.0244. The minimum absolute atomic E-state index is 0.250. The third-order valence-corrected chi connectivity index (χ3v) is 0.363. The molecular weight excluding hydrogens is 108 g/mol. The Labute approximate surface area is 39.6 Å². The molecule has 0 aromatic heterocycles. The molecule has 0 aliphatic rings. The molecule has 2 nitrogen and oxygen atoms in total. The van der Waals surface area contributed by atoms with Gasteiger partial charge in [-0.3, -0.25) is 4.79 Å². The quantitative estimate of drug-likeness (QED) is 0.287. The molecule has 0 rings (SSSR count). The summed E-state index contributed by atoms with van der Waals surface area (Å²) in [6, 6.07) is 0. The maximum absolute atomic E-state index is 10.9.